The summed E-state index contributed by atoms with van der Waals surface area (Å²) in [5, 5.41) is 0. The first-order chi connectivity index (χ1) is 8.37. The fraction of sp³-hybridized carbons (Fsp3) is 0.500. The second kappa shape index (κ2) is 7.04. The van der Waals surface area contributed by atoms with Gasteiger partial charge in [-0.1, -0.05) is 26.0 Å². The van der Waals surface area contributed by atoms with E-state index < -0.39 is 9.05 Å². The zero-order valence-electron chi connectivity index (χ0n) is 10.5. The van der Waals surface area contributed by atoms with Crippen molar-refractivity contribution in [1.82, 2.24) is 0 Å². The van der Waals surface area contributed by atoms with E-state index in [0.717, 1.165) is 17.7 Å². The quantitative estimate of drug-likeness (QED) is 0.791. The Morgan fingerprint density at radius 1 is 1.28 bits per heavy atom. The first-order valence-corrected chi connectivity index (χ1v) is 8.69. The summed E-state index contributed by atoms with van der Waals surface area (Å²) in [7, 11) is -3.11. The molecule has 0 aliphatic carbocycles. The van der Waals surface area contributed by atoms with Gasteiger partial charge in [0.25, 0.3) is 10.3 Å². The molecular formula is C12H19O4S2+. The minimum atomic E-state index is -3.72. The summed E-state index contributed by atoms with van der Waals surface area (Å²) in [6, 6.07) is 7.30. The molecule has 0 aromatic heterocycles. The van der Waals surface area contributed by atoms with Gasteiger partial charge in [-0.15, -0.1) is 0 Å². The molecule has 1 aromatic rings. The van der Waals surface area contributed by atoms with Gasteiger partial charge in [0.1, 0.15) is 5.75 Å². The molecule has 0 saturated heterocycles. The molecule has 4 nitrogen and oxygen atoms in total. The van der Waals surface area contributed by atoms with E-state index in [1.807, 2.05) is 24.3 Å². The molecule has 2 N–H and O–H groups in total. The van der Waals surface area contributed by atoms with E-state index in [0.29, 0.717) is 22.8 Å². The third-order valence-corrected chi connectivity index (χ3v) is 4.30. The van der Waals surface area contributed by atoms with Crippen LogP contribution in [0, 0.1) is 5.92 Å². The van der Waals surface area contributed by atoms with Crippen LogP contribution >= 0.6 is 0 Å². The van der Waals surface area contributed by atoms with Crippen LogP contribution in [0.5, 0.6) is 5.75 Å². The van der Waals surface area contributed by atoms with Crippen LogP contribution in [-0.4, -0.2) is 19.9 Å². The fourth-order valence-corrected chi connectivity index (χ4v) is 2.59. The molecule has 0 aliphatic heterocycles. The highest BCUT2D eigenvalue weighted by atomic mass is 32.9. The van der Waals surface area contributed by atoms with Crippen molar-refractivity contribution in [2.75, 3.05) is 6.61 Å². The summed E-state index contributed by atoms with van der Waals surface area (Å²) in [4.78, 5) is 0. The largest absolute Gasteiger partial charge is 0.494 e. The number of hydrogen-bond acceptors (Lipinski definition) is 2. The Labute approximate surface area is 112 Å². The van der Waals surface area contributed by atoms with Gasteiger partial charge < -0.3 is 4.74 Å². The van der Waals surface area contributed by atoms with Crippen molar-refractivity contribution in [3.05, 3.63) is 29.8 Å². The third-order valence-electron chi connectivity index (χ3n) is 2.27. The molecule has 0 bridgehead atoms. The molecule has 0 radical (unpaired) electrons. The highest BCUT2D eigenvalue weighted by Crippen LogP contribution is 2.13. The standard InChI is InChI=1S/C12H18O4S2/c1-10(2)7-8-16-12-5-3-11(4-6-12)9-17-18(13,14)15/h3-6,10H,7-9H2,1-2H3,(H-,13,14,15)/p+1. The Morgan fingerprint density at radius 3 is 2.39 bits per heavy atom. The Morgan fingerprint density at radius 2 is 1.89 bits per heavy atom. The van der Waals surface area contributed by atoms with Crippen LogP contribution < -0.4 is 4.74 Å². The van der Waals surface area contributed by atoms with Crippen molar-refractivity contribution in [1.29, 1.82) is 0 Å². The van der Waals surface area contributed by atoms with E-state index in [9.17, 15) is 4.21 Å². The second-order valence-corrected chi connectivity index (χ2v) is 7.81. The Kier molecular flexibility index (Phi) is 6.01. The number of rotatable bonds is 6. The fourth-order valence-electron chi connectivity index (χ4n) is 1.24. The van der Waals surface area contributed by atoms with E-state index in [1.165, 1.54) is 0 Å². The van der Waals surface area contributed by atoms with Crippen LogP contribution in [0.25, 0.3) is 0 Å². The van der Waals surface area contributed by atoms with Gasteiger partial charge in [-0.2, -0.15) is 4.21 Å². The Bertz CT molecular complexity index is 465. The Balaban J connectivity index is 2.50. The number of hydrogen-bond donors (Lipinski definition) is 2. The van der Waals surface area contributed by atoms with Gasteiger partial charge in [-0.05, 0) is 24.5 Å². The van der Waals surface area contributed by atoms with Crippen LogP contribution in [0.2, 0.25) is 0 Å². The van der Waals surface area contributed by atoms with Gasteiger partial charge >= 0.3 is 9.05 Å². The molecular weight excluding hydrogens is 272 g/mol. The molecule has 0 atom stereocenters. The number of ether oxygens (including phenoxy) is 1. The molecule has 1 aromatic carbocycles. The first-order valence-electron chi connectivity index (χ1n) is 5.72. The lowest BCUT2D eigenvalue weighted by Gasteiger charge is -2.07. The Hall–Kier alpha value is -0.690. The van der Waals surface area contributed by atoms with Crippen molar-refractivity contribution >= 4 is 19.4 Å². The topological polar surface area (TPSA) is 66.8 Å². The van der Waals surface area contributed by atoms with E-state index >= 15 is 0 Å². The molecule has 0 heterocycles. The van der Waals surface area contributed by atoms with Gasteiger partial charge in [0.2, 0.25) is 5.75 Å². The lowest BCUT2D eigenvalue weighted by atomic mass is 10.1. The van der Waals surface area contributed by atoms with Crippen LogP contribution in [0.4, 0.5) is 0 Å². The molecule has 0 unspecified atom stereocenters. The monoisotopic (exact) mass is 291 g/mol. The zero-order valence-corrected chi connectivity index (χ0v) is 12.2. The minimum Gasteiger partial charge on any atom is -0.494 e. The molecule has 0 spiro atoms. The average Bonchev–Trinajstić information content (AvgIpc) is 2.26. The third kappa shape index (κ3) is 6.90. The summed E-state index contributed by atoms with van der Waals surface area (Å²) >= 11 is 0. The summed E-state index contributed by atoms with van der Waals surface area (Å²) in [5.41, 5.74) is 0.868. The lowest BCUT2D eigenvalue weighted by Crippen LogP contribution is -2.01. The normalized spacial score (nSPS) is 11.6. The highest BCUT2D eigenvalue weighted by molar-refractivity contribution is 8.33. The van der Waals surface area contributed by atoms with Crippen LogP contribution in [0.15, 0.2) is 24.3 Å². The predicted molar refractivity (Wildman–Crippen MR) is 75.9 cm³/mol. The maximum atomic E-state index is 10.7. The molecule has 18 heavy (non-hydrogen) atoms. The van der Waals surface area contributed by atoms with E-state index in [2.05, 4.69) is 13.8 Å². The van der Waals surface area contributed by atoms with Gasteiger partial charge in [-0.3, -0.25) is 9.11 Å². The van der Waals surface area contributed by atoms with Gasteiger partial charge in [0.05, 0.1) is 6.61 Å². The summed E-state index contributed by atoms with van der Waals surface area (Å²) < 4.78 is 33.7. The average molecular weight is 291 g/mol. The predicted octanol–water partition coefficient (Wildman–Crippen LogP) is 2.84. The smallest absolute Gasteiger partial charge is 0.430 e. The summed E-state index contributed by atoms with van der Waals surface area (Å²) in [6.07, 6.45) is 1.01. The van der Waals surface area contributed by atoms with Gasteiger partial charge in [0, 0.05) is 5.56 Å². The summed E-state index contributed by atoms with van der Waals surface area (Å²) in [6.45, 7) is 4.98. The minimum absolute atomic E-state index is 0.290. The SMILES string of the molecule is CC(C)CCOc1ccc(C[S+]=S(=O)(O)O)cc1. The molecule has 0 aliphatic rings. The van der Waals surface area contributed by atoms with E-state index in [4.69, 9.17) is 13.8 Å². The lowest BCUT2D eigenvalue weighted by molar-refractivity contribution is 0.289. The molecule has 0 amide bonds. The molecule has 1 rings (SSSR count). The molecule has 6 heteroatoms. The highest BCUT2D eigenvalue weighted by Gasteiger charge is 2.10. The number of benzene rings is 1. The maximum absolute atomic E-state index is 10.7. The molecule has 0 fully saturated rings. The van der Waals surface area contributed by atoms with Crippen molar-refractivity contribution in [3.63, 3.8) is 0 Å². The van der Waals surface area contributed by atoms with E-state index in [-0.39, 0.29) is 5.75 Å². The van der Waals surface area contributed by atoms with Crippen LogP contribution in [0.1, 0.15) is 25.8 Å². The van der Waals surface area contributed by atoms with Crippen molar-refractivity contribution < 1.29 is 18.1 Å². The van der Waals surface area contributed by atoms with Crippen molar-refractivity contribution in [3.8, 4) is 5.75 Å². The zero-order chi connectivity index (χ0) is 13.6. The van der Waals surface area contributed by atoms with Gasteiger partial charge in [-0.25, -0.2) is 0 Å². The van der Waals surface area contributed by atoms with E-state index in [1.54, 1.807) is 0 Å². The van der Waals surface area contributed by atoms with Crippen molar-refractivity contribution in [2.24, 2.45) is 5.92 Å². The van der Waals surface area contributed by atoms with Crippen LogP contribution in [-0.2, 0) is 25.1 Å². The second-order valence-electron chi connectivity index (χ2n) is 4.38. The molecule has 0 saturated carbocycles. The van der Waals surface area contributed by atoms with Crippen LogP contribution in [0.3, 0.4) is 0 Å². The maximum Gasteiger partial charge on any atom is 0.430 e. The molecule has 102 valence electrons. The van der Waals surface area contributed by atoms with Crippen molar-refractivity contribution in [2.45, 2.75) is 26.0 Å². The van der Waals surface area contributed by atoms with Gasteiger partial charge in [0.15, 0.2) is 0 Å². The first kappa shape index (κ1) is 15.4. The summed E-state index contributed by atoms with van der Waals surface area (Å²) in [5.74, 6) is 1.69.